The van der Waals surface area contributed by atoms with Gasteiger partial charge in [0.05, 0.1) is 0 Å². The van der Waals surface area contributed by atoms with Gasteiger partial charge < -0.3 is 9.47 Å². The van der Waals surface area contributed by atoms with Crippen LogP contribution in [-0.4, -0.2) is 13.1 Å². The maximum atomic E-state index is 11.4. The summed E-state index contributed by atoms with van der Waals surface area (Å²) in [4.78, 5) is 11.4. The molecule has 1 aliphatic rings. The number of ether oxygens (including phenoxy) is 2. The van der Waals surface area contributed by atoms with Gasteiger partial charge in [-0.1, -0.05) is 28.1 Å². The van der Waals surface area contributed by atoms with Crippen LogP contribution >= 0.6 is 15.9 Å². The molecule has 1 atom stereocenters. The Morgan fingerprint density at radius 3 is 2.38 bits per heavy atom. The van der Waals surface area contributed by atoms with E-state index in [1.165, 1.54) is 7.11 Å². The first kappa shape index (κ1) is 11.4. The monoisotopic (exact) mass is 282 g/mol. The molecule has 3 nitrogen and oxygen atoms in total. The van der Waals surface area contributed by atoms with Gasteiger partial charge in [0.1, 0.15) is 0 Å². The molecule has 0 bridgehead atoms. The molecule has 0 aliphatic carbocycles. The summed E-state index contributed by atoms with van der Waals surface area (Å²) in [6.07, 6.45) is 1.69. The first-order chi connectivity index (χ1) is 7.57. The summed E-state index contributed by atoms with van der Waals surface area (Å²) in [5.41, 5.74) is 1.35. The molecule has 4 heteroatoms. The molecule has 1 aliphatic heterocycles. The molecule has 2 rings (SSSR count). The number of esters is 1. The van der Waals surface area contributed by atoms with Gasteiger partial charge in [-0.2, -0.15) is 0 Å². The third-order valence-corrected chi connectivity index (χ3v) is 3.05. The minimum Gasteiger partial charge on any atom is -0.421 e. The second-order valence-corrected chi connectivity index (χ2v) is 4.51. The SMILES string of the molecule is COC1(c2ccc(Br)cc2)C=C(C)C(=O)O1. The van der Waals surface area contributed by atoms with Gasteiger partial charge in [-0.15, -0.1) is 0 Å². The van der Waals surface area contributed by atoms with Crippen LogP contribution in [0.2, 0.25) is 0 Å². The average Bonchev–Trinajstić information content (AvgIpc) is 2.57. The van der Waals surface area contributed by atoms with E-state index < -0.39 is 5.79 Å². The van der Waals surface area contributed by atoms with Crippen molar-refractivity contribution in [1.29, 1.82) is 0 Å². The van der Waals surface area contributed by atoms with E-state index in [4.69, 9.17) is 9.47 Å². The van der Waals surface area contributed by atoms with E-state index in [9.17, 15) is 4.79 Å². The first-order valence-electron chi connectivity index (χ1n) is 4.81. The van der Waals surface area contributed by atoms with Gasteiger partial charge in [-0.25, -0.2) is 4.79 Å². The van der Waals surface area contributed by atoms with Gasteiger partial charge in [-0.05, 0) is 19.1 Å². The van der Waals surface area contributed by atoms with E-state index >= 15 is 0 Å². The molecule has 0 N–H and O–H groups in total. The average molecular weight is 283 g/mol. The predicted octanol–water partition coefficient (Wildman–Crippen LogP) is 2.75. The normalized spacial score (nSPS) is 24.2. The second-order valence-electron chi connectivity index (χ2n) is 3.60. The van der Waals surface area contributed by atoms with Crippen LogP contribution in [0.4, 0.5) is 0 Å². The quantitative estimate of drug-likeness (QED) is 0.783. The lowest BCUT2D eigenvalue weighted by molar-refractivity contribution is -0.193. The maximum absolute atomic E-state index is 11.4. The third kappa shape index (κ3) is 1.79. The Balaban J connectivity index is 2.44. The highest BCUT2D eigenvalue weighted by atomic mass is 79.9. The van der Waals surface area contributed by atoms with Crippen LogP contribution in [0.15, 0.2) is 40.4 Å². The van der Waals surface area contributed by atoms with Crippen LogP contribution in [0, 0.1) is 0 Å². The van der Waals surface area contributed by atoms with Crippen molar-refractivity contribution < 1.29 is 14.3 Å². The number of carbonyl (C=O) groups excluding carboxylic acids is 1. The number of methoxy groups -OCH3 is 1. The zero-order chi connectivity index (χ0) is 11.8. The van der Waals surface area contributed by atoms with Crippen LogP contribution in [0.5, 0.6) is 0 Å². The molecule has 0 spiro atoms. The summed E-state index contributed by atoms with van der Waals surface area (Å²) in [6, 6.07) is 7.47. The summed E-state index contributed by atoms with van der Waals surface area (Å²) >= 11 is 3.35. The highest BCUT2D eigenvalue weighted by molar-refractivity contribution is 9.10. The number of cyclic esters (lactones) is 1. The Kier molecular flexibility index (Phi) is 2.86. The number of hydrogen-bond donors (Lipinski definition) is 0. The summed E-state index contributed by atoms with van der Waals surface area (Å²) < 4.78 is 11.6. The maximum Gasteiger partial charge on any atom is 0.336 e. The summed E-state index contributed by atoms with van der Waals surface area (Å²) in [5, 5.41) is 0. The molecule has 0 fully saturated rings. The molecule has 0 radical (unpaired) electrons. The fourth-order valence-electron chi connectivity index (χ4n) is 1.63. The molecule has 1 heterocycles. The summed E-state index contributed by atoms with van der Waals surface area (Å²) in [7, 11) is 1.52. The Hall–Kier alpha value is -1.13. The molecule has 0 amide bonds. The minimum absolute atomic E-state index is 0.343. The van der Waals surface area contributed by atoms with Gasteiger partial charge in [0.25, 0.3) is 5.79 Å². The third-order valence-electron chi connectivity index (χ3n) is 2.52. The standard InChI is InChI=1S/C12H11BrO3/c1-8-7-12(15-2,16-11(8)14)9-3-5-10(13)6-4-9/h3-7H,1-2H3. The van der Waals surface area contributed by atoms with Crippen molar-refractivity contribution >= 4 is 21.9 Å². The van der Waals surface area contributed by atoms with E-state index in [2.05, 4.69) is 15.9 Å². The van der Waals surface area contributed by atoms with Crippen molar-refractivity contribution in [3.05, 3.63) is 46.0 Å². The van der Waals surface area contributed by atoms with E-state index in [-0.39, 0.29) is 5.97 Å². The van der Waals surface area contributed by atoms with E-state index in [1.807, 2.05) is 24.3 Å². The summed E-state index contributed by atoms with van der Waals surface area (Å²) in [5.74, 6) is -1.41. The van der Waals surface area contributed by atoms with E-state index in [0.29, 0.717) is 5.57 Å². The highest BCUT2D eigenvalue weighted by Gasteiger charge is 2.40. The lowest BCUT2D eigenvalue weighted by Crippen LogP contribution is -2.27. The van der Waals surface area contributed by atoms with E-state index in [1.54, 1.807) is 13.0 Å². The Labute approximate surface area is 102 Å². The molecule has 0 saturated carbocycles. The van der Waals surface area contributed by atoms with Gasteiger partial charge in [0, 0.05) is 28.8 Å². The van der Waals surface area contributed by atoms with Gasteiger partial charge in [-0.3, -0.25) is 0 Å². The van der Waals surface area contributed by atoms with Crippen LogP contribution in [0.25, 0.3) is 0 Å². The molecular weight excluding hydrogens is 272 g/mol. The second kappa shape index (κ2) is 4.03. The number of rotatable bonds is 2. The van der Waals surface area contributed by atoms with Crippen LogP contribution in [0.3, 0.4) is 0 Å². The Morgan fingerprint density at radius 2 is 1.94 bits per heavy atom. The number of halogens is 1. The smallest absolute Gasteiger partial charge is 0.336 e. The molecule has 0 aromatic heterocycles. The van der Waals surface area contributed by atoms with Gasteiger partial charge >= 0.3 is 5.97 Å². The lowest BCUT2D eigenvalue weighted by atomic mass is 10.1. The van der Waals surface area contributed by atoms with Gasteiger partial charge in [0.2, 0.25) is 0 Å². The van der Waals surface area contributed by atoms with Crippen LogP contribution in [0.1, 0.15) is 12.5 Å². The number of hydrogen-bond acceptors (Lipinski definition) is 3. The molecule has 84 valence electrons. The Bertz CT molecular complexity index is 450. The predicted molar refractivity (Wildman–Crippen MR) is 62.7 cm³/mol. The van der Waals surface area contributed by atoms with Crippen molar-refractivity contribution in [1.82, 2.24) is 0 Å². The summed E-state index contributed by atoms with van der Waals surface area (Å²) in [6.45, 7) is 1.71. The zero-order valence-corrected chi connectivity index (χ0v) is 10.6. The van der Waals surface area contributed by atoms with E-state index in [0.717, 1.165) is 10.0 Å². The van der Waals surface area contributed by atoms with Crippen molar-refractivity contribution in [2.24, 2.45) is 0 Å². The molecule has 0 saturated heterocycles. The van der Waals surface area contributed by atoms with Crippen molar-refractivity contribution in [2.45, 2.75) is 12.7 Å². The van der Waals surface area contributed by atoms with Crippen LogP contribution < -0.4 is 0 Å². The van der Waals surface area contributed by atoms with Crippen molar-refractivity contribution in [3.8, 4) is 0 Å². The molecule has 1 aromatic carbocycles. The van der Waals surface area contributed by atoms with Crippen molar-refractivity contribution in [2.75, 3.05) is 7.11 Å². The Morgan fingerprint density at radius 1 is 1.31 bits per heavy atom. The fraction of sp³-hybridized carbons (Fsp3) is 0.250. The van der Waals surface area contributed by atoms with Crippen molar-refractivity contribution in [3.63, 3.8) is 0 Å². The molecule has 16 heavy (non-hydrogen) atoms. The minimum atomic E-state index is -1.07. The lowest BCUT2D eigenvalue weighted by Gasteiger charge is -2.24. The fourth-order valence-corrected chi connectivity index (χ4v) is 1.90. The number of benzene rings is 1. The number of carbonyl (C=O) groups is 1. The highest BCUT2D eigenvalue weighted by Crippen LogP contribution is 2.35. The molecular formula is C12H11BrO3. The van der Waals surface area contributed by atoms with Crippen LogP contribution in [-0.2, 0) is 20.1 Å². The topological polar surface area (TPSA) is 35.5 Å². The molecule has 1 aromatic rings. The first-order valence-corrected chi connectivity index (χ1v) is 5.61. The largest absolute Gasteiger partial charge is 0.421 e. The van der Waals surface area contributed by atoms with Gasteiger partial charge in [0.15, 0.2) is 0 Å². The molecule has 1 unspecified atom stereocenters. The zero-order valence-electron chi connectivity index (χ0n) is 8.99.